The van der Waals surface area contributed by atoms with E-state index in [2.05, 4.69) is 137 Å². The van der Waals surface area contributed by atoms with Crippen molar-refractivity contribution < 1.29 is 0 Å². The topological polar surface area (TPSA) is 74.3 Å². The van der Waals surface area contributed by atoms with Crippen molar-refractivity contribution in [3.05, 3.63) is 188 Å². The Hall–Kier alpha value is -7.77. The fourth-order valence-corrected chi connectivity index (χ4v) is 7.86. The molecule has 0 saturated heterocycles. The number of benzene rings is 7. The van der Waals surface area contributed by atoms with Crippen LogP contribution in [-0.4, -0.2) is 34.1 Å². The van der Waals surface area contributed by atoms with Crippen molar-refractivity contribution in [1.29, 1.82) is 0 Å². The smallest absolute Gasteiger partial charge is 0.235 e. The highest BCUT2D eigenvalue weighted by Gasteiger charge is 2.20. The summed E-state index contributed by atoms with van der Waals surface area (Å²) in [6.07, 6.45) is 1.79. The Bertz CT molecular complexity index is 3220. The Labute approximate surface area is 321 Å². The van der Waals surface area contributed by atoms with E-state index in [9.17, 15) is 0 Å². The zero-order valence-corrected chi connectivity index (χ0v) is 30.0. The van der Waals surface area contributed by atoms with Crippen molar-refractivity contribution in [2.75, 3.05) is 0 Å². The normalized spacial score (nSPS) is 11.6. The van der Waals surface area contributed by atoms with Crippen LogP contribution < -0.4 is 0 Å². The quantitative estimate of drug-likeness (QED) is 0.171. The summed E-state index contributed by atoms with van der Waals surface area (Å²) in [5.41, 5.74) is 10.1. The SMILES string of the molecule is c1ccc(-c2ccc(-c3nc(-c4ccccc4)nc(-c4ccnc(-n5c6ccccc6c6cc7c8ccccc8n(-c8ccccc8)c7cc65)n4)n3)cc2)cc1. The van der Waals surface area contributed by atoms with Crippen molar-refractivity contribution in [2.24, 2.45) is 0 Å². The van der Waals surface area contributed by atoms with E-state index >= 15 is 0 Å². The Morgan fingerprint density at radius 2 is 0.804 bits per heavy atom. The van der Waals surface area contributed by atoms with Crippen LogP contribution in [0.5, 0.6) is 0 Å². The van der Waals surface area contributed by atoms with E-state index in [1.165, 1.54) is 10.8 Å². The number of fused-ring (bicyclic) bond motifs is 6. The van der Waals surface area contributed by atoms with Gasteiger partial charge in [-0.05, 0) is 53.6 Å². The highest BCUT2D eigenvalue weighted by Crippen LogP contribution is 2.39. The van der Waals surface area contributed by atoms with Gasteiger partial charge in [0.1, 0.15) is 5.69 Å². The number of rotatable bonds is 6. The van der Waals surface area contributed by atoms with Gasteiger partial charge >= 0.3 is 0 Å². The van der Waals surface area contributed by atoms with Gasteiger partial charge in [0, 0.05) is 44.6 Å². The van der Waals surface area contributed by atoms with Crippen molar-refractivity contribution in [3.63, 3.8) is 0 Å². The second-order valence-corrected chi connectivity index (χ2v) is 13.8. The van der Waals surface area contributed by atoms with Crippen LogP contribution in [0, 0.1) is 0 Å². The first-order chi connectivity index (χ1) is 27.8. The molecule has 56 heavy (non-hydrogen) atoms. The van der Waals surface area contributed by atoms with Gasteiger partial charge in [-0.3, -0.25) is 4.57 Å². The minimum absolute atomic E-state index is 0.469. The molecule has 7 nitrogen and oxygen atoms in total. The summed E-state index contributed by atoms with van der Waals surface area (Å²) in [5, 5.41) is 4.66. The van der Waals surface area contributed by atoms with Crippen LogP contribution in [0.15, 0.2) is 188 Å². The number of nitrogens with zero attached hydrogens (tertiary/aromatic N) is 7. The third-order valence-electron chi connectivity index (χ3n) is 10.5. The minimum atomic E-state index is 0.469. The summed E-state index contributed by atoms with van der Waals surface area (Å²) in [4.78, 5) is 25.1. The molecule has 4 aromatic heterocycles. The first-order valence-electron chi connectivity index (χ1n) is 18.6. The fraction of sp³-hybridized carbons (Fsp3) is 0. The zero-order valence-electron chi connectivity index (χ0n) is 30.0. The first kappa shape index (κ1) is 31.7. The van der Waals surface area contributed by atoms with E-state index in [1.807, 2.05) is 54.6 Å². The molecule has 4 heterocycles. The predicted octanol–water partition coefficient (Wildman–Crippen LogP) is 11.5. The molecule has 0 bridgehead atoms. The van der Waals surface area contributed by atoms with Crippen molar-refractivity contribution in [1.82, 2.24) is 34.1 Å². The van der Waals surface area contributed by atoms with Crippen LogP contribution in [0.1, 0.15) is 0 Å². The Kier molecular flexibility index (Phi) is 7.35. The monoisotopic (exact) mass is 717 g/mol. The molecule has 0 aliphatic rings. The molecule has 7 heteroatoms. The van der Waals surface area contributed by atoms with Crippen molar-refractivity contribution in [3.8, 4) is 57.1 Å². The summed E-state index contributed by atoms with van der Waals surface area (Å²) < 4.78 is 4.50. The molecule has 0 amide bonds. The third kappa shape index (κ3) is 5.25. The van der Waals surface area contributed by atoms with Crippen LogP contribution in [0.4, 0.5) is 0 Å². The van der Waals surface area contributed by atoms with Gasteiger partial charge in [-0.1, -0.05) is 140 Å². The maximum Gasteiger partial charge on any atom is 0.235 e. The van der Waals surface area contributed by atoms with Crippen LogP contribution >= 0.6 is 0 Å². The van der Waals surface area contributed by atoms with Gasteiger partial charge in [-0.15, -0.1) is 0 Å². The van der Waals surface area contributed by atoms with Gasteiger partial charge in [-0.2, -0.15) is 0 Å². The van der Waals surface area contributed by atoms with Crippen molar-refractivity contribution >= 4 is 43.6 Å². The molecular formula is C49H31N7. The molecule has 11 aromatic rings. The lowest BCUT2D eigenvalue weighted by atomic mass is 10.0. The van der Waals surface area contributed by atoms with Gasteiger partial charge in [0.15, 0.2) is 17.5 Å². The summed E-state index contributed by atoms with van der Waals surface area (Å²) in [6.45, 7) is 0. The molecule has 0 aliphatic carbocycles. The molecule has 262 valence electrons. The van der Waals surface area contributed by atoms with E-state index in [1.54, 1.807) is 6.20 Å². The van der Waals surface area contributed by atoms with Gasteiger partial charge in [0.2, 0.25) is 5.95 Å². The maximum absolute atomic E-state index is 5.20. The van der Waals surface area contributed by atoms with E-state index in [0.717, 1.165) is 60.8 Å². The molecule has 0 radical (unpaired) electrons. The van der Waals surface area contributed by atoms with Gasteiger partial charge in [0.05, 0.1) is 22.1 Å². The Morgan fingerprint density at radius 1 is 0.321 bits per heavy atom. The summed E-state index contributed by atoms with van der Waals surface area (Å²) in [7, 11) is 0. The van der Waals surface area contributed by atoms with Crippen molar-refractivity contribution in [2.45, 2.75) is 0 Å². The van der Waals surface area contributed by atoms with E-state index in [0.29, 0.717) is 29.1 Å². The highest BCUT2D eigenvalue weighted by atomic mass is 15.2. The van der Waals surface area contributed by atoms with E-state index in [-0.39, 0.29) is 0 Å². The number of aromatic nitrogens is 7. The van der Waals surface area contributed by atoms with Crippen LogP contribution in [0.25, 0.3) is 101 Å². The second-order valence-electron chi connectivity index (χ2n) is 13.8. The molecule has 0 spiro atoms. The lowest BCUT2D eigenvalue weighted by Gasteiger charge is -2.11. The molecular weight excluding hydrogens is 687 g/mol. The average molecular weight is 718 g/mol. The molecule has 7 aromatic carbocycles. The Balaban J connectivity index is 1.10. The fourth-order valence-electron chi connectivity index (χ4n) is 7.86. The number of hydrogen-bond donors (Lipinski definition) is 0. The van der Waals surface area contributed by atoms with Crippen LogP contribution in [-0.2, 0) is 0 Å². The summed E-state index contributed by atoms with van der Waals surface area (Å²) >= 11 is 0. The van der Waals surface area contributed by atoms with Crippen LogP contribution in [0.3, 0.4) is 0 Å². The molecule has 0 fully saturated rings. The van der Waals surface area contributed by atoms with Crippen LogP contribution in [0.2, 0.25) is 0 Å². The summed E-state index contributed by atoms with van der Waals surface area (Å²) in [6, 6.07) is 62.8. The molecule has 0 N–H and O–H groups in total. The number of hydrogen-bond acceptors (Lipinski definition) is 5. The zero-order chi connectivity index (χ0) is 37.0. The largest absolute Gasteiger partial charge is 0.309 e. The second kappa shape index (κ2) is 13.0. The predicted molar refractivity (Wildman–Crippen MR) is 226 cm³/mol. The standard InChI is InChI=1S/C49H31N7/c1-4-14-32(15-5-1)33-24-26-35(27-25-33)47-52-46(34-16-6-2-7-17-34)53-48(54-47)41-28-29-50-49(51-41)56-43-23-13-11-21-38(43)40-30-39-37-20-10-12-22-42(37)55(44(39)31-45(40)56)36-18-8-3-9-19-36/h1-31H. The minimum Gasteiger partial charge on any atom is -0.309 e. The van der Waals surface area contributed by atoms with E-state index < -0.39 is 0 Å². The maximum atomic E-state index is 5.20. The highest BCUT2D eigenvalue weighted by molar-refractivity contribution is 6.19. The first-order valence-corrected chi connectivity index (χ1v) is 18.6. The molecule has 0 unspecified atom stereocenters. The van der Waals surface area contributed by atoms with Gasteiger partial charge in [-0.25, -0.2) is 24.9 Å². The molecule has 0 atom stereocenters. The Morgan fingerprint density at radius 3 is 1.46 bits per heavy atom. The van der Waals surface area contributed by atoms with Gasteiger partial charge < -0.3 is 4.57 Å². The molecule has 11 rings (SSSR count). The third-order valence-corrected chi connectivity index (χ3v) is 10.5. The summed E-state index contributed by atoms with van der Waals surface area (Å²) in [5.74, 6) is 2.15. The molecule has 0 aliphatic heterocycles. The van der Waals surface area contributed by atoms with Gasteiger partial charge in [0.25, 0.3) is 0 Å². The molecule has 0 saturated carbocycles. The lowest BCUT2D eigenvalue weighted by molar-refractivity contribution is 0.975. The van der Waals surface area contributed by atoms with E-state index in [4.69, 9.17) is 24.9 Å². The number of para-hydroxylation sites is 3. The average Bonchev–Trinajstić information content (AvgIpc) is 3.78. The lowest BCUT2D eigenvalue weighted by Crippen LogP contribution is -2.05.